The number of carbonyl (C=O) groups excluding carboxylic acids is 3. The molecule has 0 spiro atoms. The largest absolute Gasteiger partial charge is 1.00 e. The number of carbonyl (C=O) groups is 3. The second-order valence-electron chi connectivity index (χ2n) is 2.42. The molecule has 0 aromatic heterocycles. The van der Waals surface area contributed by atoms with E-state index in [1.54, 1.807) is 0 Å². The second-order valence-corrected chi connectivity index (χ2v) is 2.42. The Bertz CT molecular complexity index is 250. The zero-order valence-corrected chi connectivity index (χ0v) is 22.7. The Morgan fingerprint density at radius 2 is 1.00 bits per heavy atom. The topological polar surface area (TPSA) is 141 Å². The third-order valence-electron chi connectivity index (χ3n) is 1.25. The van der Waals surface area contributed by atoms with Gasteiger partial charge in [0.25, 0.3) is 0 Å². The summed E-state index contributed by atoms with van der Waals surface area (Å²) in [5, 5.41) is 38.9. The predicted octanol–water partition coefficient (Wildman–Crippen LogP) is -14.2. The number of carboxylic acid groups (broad SMARTS) is 3. The van der Waals surface area contributed by atoms with Crippen molar-refractivity contribution in [1.82, 2.24) is 0 Å². The van der Waals surface area contributed by atoms with Crippen LogP contribution in [0.15, 0.2) is 0 Å². The molecule has 0 bridgehead atoms. The van der Waals surface area contributed by atoms with Gasteiger partial charge in [0.05, 0.1) is 5.97 Å². The van der Waals surface area contributed by atoms with Crippen molar-refractivity contribution in [3.63, 3.8) is 0 Å². The zero-order chi connectivity index (χ0) is 10.6. The van der Waals surface area contributed by atoms with E-state index in [-0.39, 0.29) is 156 Å². The SMILES string of the molecule is O=C([O-])CC(O)(CC(=O)[O-])C(=O)[O-].[Au].[Au].[Au].[Na+].[Na+].[Na+]. The van der Waals surface area contributed by atoms with E-state index >= 15 is 0 Å². The van der Waals surface area contributed by atoms with Crippen LogP contribution in [-0.4, -0.2) is 28.6 Å². The summed E-state index contributed by atoms with van der Waals surface area (Å²) in [4.78, 5) is 30.0. The molecule has 0 aliphatic carbocycles. The van der Waals surface area contributed by atoms with Crippen LogP contribution in [0.3, 0.4) is 0 Å². The number of aliphatic carboxylic acids is 3. The Balaban J connectivity index is -0.0000000480. The summed E-state index contributed by atoms with van der Waals surface area (Å²) in [6.07, 6.45) is -2.72. The summed E-state index contributed by atoms with van der Waals surface area (Å²) >= 11 is 0. The summed E-state index contributed by atoms with van der Waals surface area (Å²) in [7, 11) is 0. The standard InChI is InChI=1S/C6H8O7.3Au.3Na/c7-3(8)1-6(13,5(11)12)2-4(9)10;;;;;;/h13H,1-2H2,(H,7,8)(H,9,10)(H,11,12);;;;;;/q;;;;3*+1/p-3. The van der Waals surface area contributed by atoms with Crippen molar-refractivity contribution in [2.24, 2.45) is 0 Å². The molecule has 0 amide bonds. The van der Waals surface area contributed by atoms with E-state index in [1.165, 1.54) is 0 Å². The maximum Gasteiger partial charge on any atom is 1.00 e. The minimum atomic E-state index is -2.97. The van der Waals surface area contributed by atoms with Crippen molar-refractivity contribution in [3.8, 4) is 0 Å². The van der Waals surface area contributed by atoms with Crippen LogP contribution in [0.4, 0.5) is 0 Å². The molecule has 1 N–H and O–H groups in total. The molecule has 7 nitrogen and oxygen atoms in total. The van der Waals surface area contributed by atoms with E-state index in [9.17, 15) is 29.7 Å². The smallest absolute Gasteiger partial charge is 0.550 e. The molecule has 0 aromatic rings. The fourth-order valence-corrected chi connectivity index (χ4v) is 0.684. The van der Waals surface area contributed by atoms with Gasteiger partial charge in [-0.1, -0.05) is 0 Å². The van der Waals surface area contributed by atoms with Gasteiger partial charge in [-0.3, -0.25) is 0 Å². The van der Waals surface area contributed by atoms with E-state index in [4.69, 9.17) is 5.11 Å². The fourth-order valence-electron chi connectivity index (χ4n) is 0.684. The van der Waals surface area contributed by atoms with Crippen LogP contribution >= 0.6 is 0 Å². The van der Waals surface area contributed by atoms with Crippen molar-refractivity contribution in [3.05, 3.63) is 0 Å². The van der Waals surface area contributed by atoms with Gasteiger partial charge in [0.1, 0.15) is 5.60 Å². The van der Waals surface area contributed by atoms with E-state index in [2.05, 4.69) is 0 Å². The van der Waals surface area contributed by atoms with Crippen LogP contribution in [0.5, 0.6) is 0 Å². The molecule has 13 heteroatoms. The molecule has 0 unspecified atom stereocenters. The molecule has 0 atom stereocenters. The molecule has 3 radical (unpaired) electrons. The molecule has 0 saturated heterocycles. The first-order valence-electron chi connectivity index (χ1n) is 3.11. The van der Waals surface area contributed by atoms with Gasteiger partial charge in [-0.25, -0.2) is 0 Å². The van der Waals surface area contributed by atoms with Crippen molar-refractivity contribution in [1.29, 1.82) is 0 Å². The van der Waals surface area contributed by atoms with E-state index in [1.807, 2.05) is 0 Å². The quantitative estimate of drug-likeness (QED) is 0.272. The molecule has 0 heterocycles. The van der Waals surface area contributed by atoms with Crippen LogP contribution < -0.4 is 104 Å². The molecule has 0 fully saturated rings. The average Bonchev–Trinajstić information content (AvgIpc) is 1.82. The van der Waals surface area contributed by atoms with Crippen LogP contribution in [-0.2, 0) is 81.5 Å². The normalized spacial score (nSPS) is 7.42. The summed E-state index contributed by atoms with van der Waals surface area (Å²) in [6, 6.07) is 0. The number of aliphatic hydroxyl groups is 1. The van der Waals surface area contributed by atoms with E-state index < -0.39 is 36.4 Å². The van der Waals surface area contributed by atoms with Crippen molar-refractivity contribution in [2.75, 3.05) is 0 Å². The van der Waals surface area contributed by atoms with Gasteiger partial charge in [0, 0.05) is 91.9 Å². The number of hydrogen-bond donors (Lipinski definition) is 1. The third-order valence-corrected chi connectivity index (χ3v) is 1.25. The third kappa shape index (κ3) is 21.6. The first-order valence-corrected chi connectivity index (χ1v) is 3.11. The summed E-state index contributed by atoms with van der Waals surface area (Å²) in [5.41, 5.74) is -2.97. The molecule has 0 saturated carbocycles. The molecule has 107 valence electrons. The van der Waals surface area contributed by atoms with Crippen molar-refractivity contribution >= 4 is 17.9 Å². The second kappa shape index (κ2) is 21.6. The first kappa shape index (κ1) is 43.3. The Hall–Kier alpha value is 3.59. The van der Waals surface area contributed by atoms with Gasteiger partial charge < -0.3 is 34.8 Å². The van der Waals surface area contributed by atoms with E-state index in [0.717, 1.165) is 0 Å². The number of hydrogen-bond acceptors (Lipinski definition) is 7. The predicted molar refractivity (Wildman–Crippen MR) is 29.2 cm³/mol. The van der Waals surface area contributed by atoms with Gasteiger partial charge >= 0.3 is 88.7 Å². The Labute approximate surface area is 222 Å². The maximum atomic E-state index is 10.1. The van der Waals surface area contributed by atoms with Gasteiger partial charge in [-0.05, 0) is 0 Å². The van der Waals surface area contributed by atoms with Gasteiger partial charge in [0.2, 0.25) is 0 Å². The van der Waals surface area contributed by atoms with Gasteiger partial charge in [-0.15, -0.1) is 0 Å². The summed E-state index contributed by atoms with van der Waals surface area (Å²) in [6.45, 7) is 0. The number of carboxylic acids is 3. The van der Waals surface area contributed by atoms with Crippen LogP contribution in [0.1, 0.15) is 12.8 Å². The zero-order valence-electron chi connectivity index (χ0n) is 10.2. The van der Waals surface area contributed by atoms with E-state index in [0.29, 0.717) is 0 Å². The molecule has 0 aromatic carbocycles. The molecular weight excluding hydrogens is 844 g/mol. The number of rotatable bonds is 5. The minimum Gasteiger partial charge on any atom is -0.550 e. The van der Waals surface area contributed by atoms with Crippen LogP contribution in [0.25, 0.3) is 0 Å². The average molecular weight is 849 g/mol. The fraction of sp³-hybridized carbons (Fsp3) is 0.500. The van der Waals surface area contributed by atoms with Crippen LogP contribution in [0.2, 0.25) is 0 Å². The summed E-state index contributed by atoms with van der Waals surface area (Å²) in [5.74, 6) is -5.98. The Kier molecular flexibility index (Phi) is 49.2. The van der Waals surface area contributed by atoms with Crippen molar-refractivity contribution in [2.45, 2.75) is 18.4 Å². The maximum absolute atomic E-state index is 10.1. The Morgan fingerprint density at radius 1 is 0.789 bits per heavy atom. The molecule has 0 aliphatic rings. The van der Waals surface area contributed by atoms with Crippen LogP contribution in [0, 0.1) is 0 Å². The molecule has 0 rings (SSSR count). The summed E-state index contributed by atoms with van der Waals surface area (Å²) < 4.78 is 0. The monoisotopic (exact) mass is 849 g/mol. The molecular formula is C6H5Au3Na3O7. The minimum absolute atomic E-state index is 0. The Morgan fingerprint density at radius 3 is 1.11 bits per heavy atom. The van der Waals surface area contributed by atoms with Gasteiger partial charge in [0.15, 0.2) is 0 Å². The first-order chi connectivity index (χ1) is 5.78. The molecule has 0 aliphatic heterocycles. The molecule has 19 heavy (non-hydrogen) atoms. The van der Waals surface area contributed by atoms with Crippen molar-refractivity contribution < 1.29 is 191 Å². The van der Waals surface area contributed by atoms with Gasteiger partial charge in [-0.2, -0.15) is 0 Å².